The lowest BCUT2D eigenvalue weighted by Crippen LogP contribution is -2.34. The van der Waals surface area contributed by atoms with Gasteiger partial charge in [0, 0.05) is 25.2 Å². The van der Waals surface area contributed by atoms with Crippen LogP contribution in [0, 0.1) is 0 Å². The second-order valence-electron chi connectivity index (χ2n) is 5.09. The lowest BCUT2D eigenvalue weighted by atomic mass is 10.1. The van der Waals surface area contributed by atoms with Gasteiger partial charge in [-0.25, -0.2) is 0 Å². The molecule has 2 N–H and O–H groups in total. The number of rotatable bonds is 5. The molecule has 0 aromatic heterocycles. The van der Waals surface area contributed by atoms with Crippen molar-refractivity contribution in [2.75, 3.05) is 32.6 Å². The molecule has 8 heteroatoms. The Hall–Kier alpha value is -2.38. The van der Waals surface area contributed by atoms with Crippen LogP contribution < -0.4 is 5.32 Å². The number of hydrogen-bond donors (Lipinski definition) is 2. The number of halogens is 1. The zero-order chi connectivity index (χ0) is 17.1. The number of hydrogen-bond acceptors (Lipinski definition) is 5. The van der Waals surface area contributed by atoms with Crippen LogP contribution >= 0.6 is 11.6 Å². The summed E-state index contributed by atoms with van der Waals surface area (Å²) >= 11 is 5.95. The van der Waals surface area contributed by atoms with E-state index in [2.05, 4.69) is 5.32 Å². The van der Waals surface area contributed by atoms with E-state index in [-0.39, 0.29) is 24.8 Å². The number of amides is 3. The molecular weight excluding hydrogens is 322 g/mol. The fraction of sp³-hybridized carbons (Fsp3) is 0.267. The third kappa shape index (κ3) is 3.52. The minimum atomic E-state index is -0.563. The molecule has 1 aromatic rings. The summed E-state index contributed by atoms with van der Waals surface area (Å²) in [5.41, 5.74) is 0.675. The molecule has 2 rings (SSSR count). The normalized spacial score (nSPS) is 14.1. The molecule has 0 atom stereocenters. The first-order valence-corrected chi connectivity index (χ1v) is 7.19. The summed E-state index contributed by atoms with van der Waals surface area (Å²) in [6, 6.07) is 4.61. The molecule has 0 radical (unpaired) electrons. The molecule has 1 aromatic carbocycles. The van der Waals surface area contributed by atoms with Crippen LogP contribution in [0.4, 0.5) is 5.69 Å². The number of β-amino-alcohol motifs (C(OH)–C–C–N with tert-alkyl or cyclic N) is 1. The van der Waals surface area contributed by atoms with Gasteiger partial charge in [-0.3, -0.25) is 19.3 Å². The van der Waals surface area contributed by atoms with E-state index in [9.17, 15) is 14.4 Å². The first-order chi connectivity index (χ1) is 10.8. The van der Waals surface area contributed by atoms with Crippen molar-refractivity contribution >= 4 is 35.0 Å². The van der Waals surface area contributed by atoms with Gasteiger partial charge in [0.15, 0.2) is 0 Å². The maximum absolute atomic E-state index is 12.2. The quantitative estimate of drug-likeness (QED) is 0.772. The predicted octanol–water partition coefficient (Wildman–Crippen LogP) is 0.699. The Labute approximate surface area is 138 Å². The largest absolute Gasteiger partial charge is 0.395 e. The highest BCUT2D eigenvalue weighted by molar-refractivity contribution is 6.31. The number of carbonyl (C=O) groups excluding carboxylic acids is 3. The molecule has 0 saturated heterocycles. The van der Waals surface area contributed by atoms with Gasteiger partial charge in [-0.2, -0.15) is 0 Å². The first-order valence-electron chi connectivity index (χ1n) is 6.81. The summed E-state index contributed by atoms with van der Waals surface area (Å²) < 4.78 is 0. The van der Waals surface area contributed by atoms with E-state index >= 15 is 0 Å². The Morgan fingerprint density at radius 1 is 1.35 bits per heavy atom. The standard InChI is InChI=1S/C15H16ClN3O4/c1-18(2)14(22)10-4-3-9(16)7-11(10)17-12-8-13(21)19(5-6-20)15(12)23/h3-4,7-8,17,20H,5-6H2,1-2H3. The summed E-state index contributed by atoms with van der Waals surface area (Å²) in [5.74, 6) is -1.35. The molecular formula is C15H16ClN3O4. The zero-order valence-corrected chi connectivity index (χ0v) is 13.4. The van der Waals surface area contributed by atoms with E-state index in [4.69, 9.17) is 16.7 Å². The number of nitrogens with zero attached hydrogens (tertiary/aromatic N) is 2. The molecule has 122 valence electrons. The van der Waals surface area contributed by atoms with Gasteiger partial charge in [-0.05, 0) is 18.2 Å². The predicted molar refractivity (Wildman–Crippen MR) is 85.0 cm³/mol. The van der Waals surface area contributed by atoms with Crippen LogP contribution in [0.1, 0.15) is 10.4 Å². The van der Waals surface area contributed by atoms with Gasteiger partial charge in [0.05, 0.1) is 24.4 Å². The van der Waals surface area contributed by atoms with Gasteiger partial charge in [0.2, 0.25) is 0 Å². The molecule has 23 heavy (non-hydrogen) atoms. The van der Waals surface area contributed by atoms with Gasteiger partial charge in [0.25, 0.3) is 17.7 Å². The van der Waals surface area contributed by atoms with E-state index in [1.54, 1.807) is 26.2 Å². The molecule has 3 amide bonds. The first kappa shape index (κ1) is 17.0. The van der Waals surface area contributed by atoms with Crippen molar-refractivity contribution in [2.24, 2.45) is 0 Å². The van der Waals surface area contributed by atoms with Gasteiger partial charge >= 0.3 is 0 Å². The number of aliphatic hydroxyl groups is 1. The minimum Gasteiger partial charge on any atom is -0.395 e. The Bertz CT molecular complexity index is 700. The molecule has 1 heterocycles. The van der Waals surface area contributed by atoms with E-state index in [0.29, 0.717) is 16.3 Å². The molecule has 0 bridgehead atoms. The summed E-state index contributed by atoms with van der Waals surface area (Å²) in [6.07, 6.45) is 1.13. The van der Waals surface area contributed by atoms with Crippen LogP contribution in [0.25, 0.3) is 0 Å². The lowest BCUT2D eigenvalue weighted by molar-refractivity contribution is -0.137. The van der Waals surface area contributed by atoms with Crippen LogP contribution in [-0.4, -0.2) is 59.9 Å². The van der Waals surface area contributed by atoms with Crippen LogP contribution in [-0.2, 0) is 9.59 Å². The number of carbonyl (C=O) groups is 3. The van der Waals surface area contributed by atoms with E-state index in [1.807, 2.05) is 0 Å². The van der Waals surface area contributed by atoms with Crippen molar-refractivity contribution in [1.29, 1.82) is 0 Å². The van der Waals surface area contributed by atoms with Crippen LogP contribution in [0.3, 0.4) is 0 Å². The van der Waals surface area contributed by atoms with E-state index < -0.39 is 11.8 Å². The van der Waals surface area contributed by atoms with Gasteiger partial charge in [0.1, 0.15) is 5.70 Å². The van der Waals surface area contributed by atoms with Crippen molar-refractivity contribution in [3.8, 4) is 0 Å². The number of nitrogens with one attached hydrogen (secondary N) is 1. The zero-order valence-electron chi connectivity index (χ0n) is 12.7. The van der Waals surface area contributed by atoms with Crippen LogP contribution in [0.5, 0.6) is 0 Å². The molecule has 0 spiro atoms. The Balaban J connectivity index is 2.32. The van der Waals surface area contributed by atoms with Crippen molar-refractivity contribution < 1.29 is 19.5 Å². The highest BCUT2D eigenvalue weighted by Crippen LogP contribution is 2.25. The minimum absolute atomic E-state index is 0.0264. The maximum Gasteiger partial charge on any atom is 0.277 e. The Morgan fingerprint density at radius 2 is 2.04 bits per heavy atom. The number of benzene rings is 1. The third-order valence-electron chi connectivity index (χ3n) is 3.22. The average molecular weight is 338 g/mol. The third-order valence-corrected chi connectivity index (χ3v) is 3.46. The number of imide groups is 1. The molecule has 1 aliphatic heterocycles. The SMILES string of the molecule is CN(C)C(=O)c1ccc(Cl)cc1NC1=CC(=O)N(CCO)C1=O. The summed E-state index contributed by atoms with van der Waals surface area (Å²) in [7, 11) is 3.21. The second kappa shape index (κ2) is 6.80. The van der Waals surface area contributed by atoms with E-state index in [1.165, 1.54) is 11.0 Å². The molecule has 1 aliphatic rings. The van der Waals surface area contributed by atoms with Gasteiger partial charge < -0.3 is 15.3 Å². The Morgan fingerprint density at radius 3 is 2.65 bits per heavy atom. The molecule has 0 aliphatic carbocycles. The van der Waals surface area contributed by atoms with Crippen LogP contribution in [0.2, 0.25) is 5.02 Å². The van der Waals surface area contributed by atoms with Crippen molar-refractivity contribution in [3.63, 3.8) is 0 Å². The van der Waals surface area contributed by atoms with Crippen LogP contribution in [0.15, 0.2) is 30.0 Å². The number of anilines is 1. The lowest BCUT2D eigenvalue weighted by Gasteiger charge is -2.17. The molecule has 0 fully saturated rings. The highest BCUT2D eigenvalue weighted by atomic mass is 35.5. The topological polar surface area (TPSA) is 90.0 Å². The van der Waals surface area contributed by atoms with E-state index in [0.717, 1.165) is 11.0 Å². The Kier molecular flexibility index (Phi) is 5.02. The van der Waals surface area contributed by atoms with Gasteiger partial charge in [-0.1, -0.05) is 11.6 Å². The molecule has 0 saturated carbocycles. The second-order valence-corrected chi connectivity index (χ2v) is 5.53. The maximum atomic E-state index is 12.2. The molecule has 7 nitrogen and oxygen atoms in total. The highest BCUT2D eigenvalue weighted by Gasteiger charge is 2.31. The van der Waals surface area contributed by atoms with Crippen molar-refractivity contribution in [2.45, 2.75) is 0 Å². The summed E-state index contributed by atoms with van der Waals surface area (Å²) in [5, 5.41) is 12.1. The summed E-state index contributed by atoms with van der Waals surface area (Å²) in [6.45, 7) is -0.404. The van der Waals surface area contributed by atoms with Crippen molar-refractivity contribution in [3.05, 3.63) is 40.6 Å². The van der Waals surface area contributed by atoms with Crippen molar-refractivity contribution in [1.82, 2.24) is 9.80 Å². The molecule has 0 unspecified atom stereocenters. The average Bonchev–Trinajstić information content (AvgIpc) is 2.75. The fourth-order valence-electron chi connectivity index (χ4n) is 2.10. The smallest absolute Gasteiger partial charge is 0.277 e. The summed E-state index contributed by atoms with van der Waals surface area (Å²) in [4.78, 5) is 38.4. The monoisotopic (exact) mass is 337 g/mol. The number of aliphatic hydroxyl groups excluding tert-OH is 1. The fourth-order valence-corrected chi connectivity index (χ4v) is 2.27. The van der Waals surface area contributed by atoms with Gasteiger partial charge in [-0.15, -0.1) is 0 Å².